The molecule has 0 saturated heterocycles. The second-order valence-corrected chi connectivity index (χ2v) is 7.65. The van der Waals surface area contributed by atoms with Gasteiger partial charge in [0.2, 0.25) is 0 Å². The quantitative estimate of drug-likeness (QED) is 0.597. The summed E-state index contributed by atoms with van der Waals surface area (Å²) in [6.07, 6.45) is 0.777. The van der Waals surface area contributed by atoms with E-state index in [0.717, 1.165) is 16.5 Å². The Morgan fingerprint density at radius 3 is 2.57 bits per heavy atom. The van der Waals surface area contributed by atoms with Crippen molar-refractivity contribution in [3.05, 3.63) is 69.9 Å². The lowest BCUT2D eigenvalue weighted by molar-refractivity contribution is -0.187. The molecule has 1 aliphatic heterocycles. The Morgan fingerprint density at radius 2 is 1.96 bits per heavy atom. The highest BCUT2D eigenvalue weighted by Gasteiger charge is 2.54. The number of hydrogen-bond donors (Lipinski definition) is 1. The molecule has 1 heterocycles. The molecular weight excluding hydrogens is 429 g/mol. The molecule has 2 atom stereocenters. The van der Waals surface area contributed by atoms with Crippen LogP contribution in [0, 0.1) is 5.82 Å². The van der Waals surface area contributed by atoms with Crippen molar-refractivity contribution >= 4 is 27.6 Å². The molecule has 2 aromatic carbocycles. The van der Waals surface area contributed by atoms with Gasteiger partial charge in [-0.15, -0.1) is 0 Å². The van der Waals surface area contributed by atoms with Crippen molar-refractivity contribution in [1.29, 1.82) is 0 Å². The maximum Gasteiger partial charge on any atom is 0.354 e. The molecule has 2 unspecified atom stereocenters. The van der Waals surface area contributed by atoms with Crippen molar-refractivity contribution in [3.8, 4) is 0 Å². The molecule has 0 aliphatic carbocycles. The summed E-state index contributed by atoms with van der Waals surface area (Å²) in [5.74, 6) is -1.47. The minimum absolute atomic E-state index is 0.114. The van der Waals surface area contributed by atoms with Crippen molar-refractivity contribution in [2.75, 3.05) is 0 Å². The topological polar surface area (TPSA) is 68.1 Å². The summed E-state index contributed by atoms with van der Waals surface area (Å²) in [6, 6.07) is 13.1. The Labute approximate surface area is 171 Å². The maximum absolute atomic E-state index is 13.2. The van der Waals surface area contributed by atoms with Crippen LogP contribution in [0.25, 0.3) is 0 Å². The Hall–Kier alpha value is -2.25. The van der Waals surface area contributed by atoms with Crippen molar-refractivity contribution in [2.24, 2.45) is 5.16 Å². The predicted octanol–water partition coefficient (Wildman–Crippen LogP) is 5.25. The van der Waals surface area contributed by atoms with E-state index in [4.69, 9.17) is 9.57 Å². The standard InChI is InChI=1S/C21H21BrFNO4/c1-2-3-18-12-21(20(25)26,28-24-18)19(15-6-8-16(22)9-7-15)27-13-14-4-10-17(23)11-5-14/h4-11,19H,2-3,12-13H2,1H3,(H,25,26). The Kier molecular flexibility index (Phi) is 6.46. The molecule has 1 N–H and O–H groups in total. The van der Waals surface area contributed by atoms with Crippen molar-refractivity contribution in [3.63, 3.8) is 0 Å². The van der Waals surface area contributed by atoms with E-state index in [1.165, 1.54) is 12.1 Å². The van der Waals surface area contributed by atoms with Crippen LogP contribution in [0.4, 0.5) is 4.39 Å². The second kappa shape index (κ2) is 8.84. The fourth-order valence-corrected chi connectivity index (χ4v) is 3.47. The number of ether oxygens (including phenoxy) is 1. The van der Waals surface area contributed by atoms with Gasteiger partial charge in [0.25, 0.3) is 5.60 Å². The van der Waals surface area contributed by atoms with E-state index in [1.54, 1.807) is 24.3 Å². The lowest BCUT2D eigenvalue weighted by atomic mass is 9.85. The SMILES string of the molecule is CCCC1=NOC(C(=O)O)(C(OCc2ccc(F)cc2)c2ccc(Br)cc2)C1. The highest BCUT2D eigenvalue weighted by Crippen LogP contribution is 2.41. The Bertz CT molecular complexity index is 854. The first-order valence-electron chi connectivity index (χ1n) is 9.03. The zero-order chi connectivity index (χ0) is 20.1. The van der Waals surface area contributed by atoms with E-state index in [2.05, 4.69) is 21.1 Å². The number of rotatable bonds is 8. The van der Waals surface area contributed by atoms with Crippen molar-refractivity contribution < 1.29 is 23.9 Å². The van der Waals surface area contributed by atoms with Crippen LogP contribution in [0.1, 0.15) is 43.4 Å². The molecule has 1 aliphatic rings. The number of aliphatic carboxylic acids is 1. The van der Waals surface area contributed by atoms with Gasteiger partial charge in [0.1, 0.15) is 11.9 Å². The van der Waals surface area contributed by atoms with Gasteiger partial charge in [-0.25, -0.2) is 9.18 Å². The number of benzene rings is 2. The van der Waals surface area contributed by atoms with Gasteiger partial charge in [0.05, 0.1) is 12.3 Å². The average Bonchev–Trinajstić information content (AvgIpc) is 3.10. The molecule has 0 bridgehead atoms. The Balaban J connectivity index is 1.91. The highest BCUT2D eigenvalue weighted by atomic mass is 79.9. The number of halogens is 2. The maximum atomic E-state index is 13.2. The number of carbonyl (C=O) groups is 1. The summed E-state index contributed by atoms with van der Waals surface area (Å²) in [5.41, 5.74) is 0.466. The molecular formula is C21H21BrFNO4. The third-order valence-corrected chi connectivity index (χ3v) is 5.16. The van der Waals surface area contributed by atoms with Crippen molar-refractivity contribution in [2.45, 2.75) is 44.5 Å². The molecule has 3 rings (SSSR count). The van der Waals surface area contributed by atoms with Gasteiger partial charge in [0.15, 0.2) is 0 Å². The molecule has 0 aromatic heterocycles. The lowest BCUT2D eigenvalue weighted by Gasteiger charge is -2.31. The molecule has 2 aromatic rings. The van der Waals surface area contributed by atoms with Gasteiger partial charge >= 0.3 is 5.97 Å². The van der Waals surface area contributed by atoms with Gasteiger partial charge in [-0.05, 0) is 41.8 Å². The van der Waals surface area contributed by atoms with E-state index in [0.29, 0.717) is 17.7 Å². The average molecular weight is 450 g/mol. The van der Waals surface area contributed by atoms with Crippen LogP contribution >= 0.6 is 15.9 Å². The first kappa shape index (κ1) is 20.5. The van der Waals surface area contributed by atoms with E-state index >= 15 is 0 Å². The van der Waals surface area contributed by atoms with Gasteiger partial charge in [-0.1, -0.05) is 58.7 Å². The smallest absolute Gasteiger partial charge is 0.354 e. The summed E-state index contributed by atoms with van der Waals surface area (Å²) in [7, 11) is 0. The molecule has 28 heavy (non-hydrogen) atoms. The summed E-state index contributed by atoms with van der Waals surface area (Å²) >= 11 is 3.39. The monoisotopic (exact) mass is 449 g/mol. The van der Waals surface area contributed by atoms with Crippen LogP contribution in [0.3, 0.4) is 0 Å². The third kappa shape index (κ3) is 4.42. The number of oxime groups is 1. The third-order valence-electron chi connectivity index (χ3n) is 4.63. The number of nitrogens with zero attached hydrogens (tertiary/aromatic N) is 1. The molecule has 5 nitrogen and oxygen atoms in total. The molecule has 0 amide bonds. The molecule has 7 heteroatoms. The molecule has 0 spiro atoms. The van der Waals surface area contributed by atoms with E-state index in [1.807, 2.05) is 19.1 Å². The highest BCUT2D eigenvalue weighted by molar-refractivity contribution is 9.10. The van der Waals surface area contributed by atoms with Crippen LogP contribution in [0.2, 0.25) is 0 Å². The fourth-order valence-electron chi connectivity index (χ4n) is 3.20. The van der Waals surface area contributed by atoms with Crippen LogP contribution in [0.15, 0.2) is 58.2 Å². The molecule has 0 radical (unpaired) electrons. The predicted molar refractivity (Wildman–Crippen MR) is 106 cm³/mol. The number of hydrogen-bond acceptors (Lipinski definition) is 4. The normalized spacial score (nSPS) is 19.8. The van der Waals surface area contributed by atoms with E-state index in [9.17, 15) is 14.3 Å². The minimum Gasteiger partial charge on any atom is -0.478 e. The minimum atomic E-state index is -1.64. The number of carboxylic acid groups (broad SMARTS) is 1. The van der Waals surface area contributed by atoms with Gasteiger partial charge in [0, 0.05) is 10.9 Å². The van der Waals surface area contributed by atoms with Crippen LogP contribution in [0.5, 0.6) is 0 Å². The second-order valence-electron chi connectivity index (χ2n) is 6.74. The molecule has 148 valence electrons. The molecule has 0 fully saturated rings. The first-order valence-corrected chi connectivity index (χ1v) is 9.82. The van der Waals surface area contributed by atoms with E-state index in [-0.39, 0.29) is 18.8 Å². The van der Waals surface area contributed by atoms with Gasteiger partial charge < -0.3 is 14.7 Å². The lowest BCUT2D eigenvalue weighted by Crippen LogP contribution is -2.46. The summed E-state index contributed by atoms with van der Waals surface area (Å²) in [4.78, 5) is 17.8. The fraction of sp³-hybridized carbons (Fsp3) is 0.333. The van der Waals surface area contributed by atoms with Crippen LogP contribution < -0.4 is 0 Å². The summed E-state index contributed by atoms with van der Waals surface area (Å²) in [5, 5.41) is 14.1. The van der Waals surface area contributed by atoms with Crippen LogP contribution in [-0.4, -0.2) is 22.4 Å². The largest absolute Gasteiger partial charge is 0.478 e. The summed E-state index contributed by atoms with van der Waals surface area (Å²) in [6.45, 7) is 2.11. The van der Waals surface area contributed by atoms with Gasteiger partial charge in [-0.2, -0.15) is 0 Å². The zero-order valence-corrected chi connectivity index (χ0v) is 17.0. The van der Waals surface area contributed by atoms with E-state index < -0.39 is 17.7 Å². The molecule has 0 saturated carbocycles. The van der Waals surface area contributed by atoms with Crippen LogP contribution in [-0.2, 0) is 21.0 Å². The zero-order valence-electron chi connectivity index (χ0n) is 15.4. The van der Waals surface area contributed by atoms with Gasteiger partial charge in [-0.3, -0.25) is 0 Å². The number of carboxylic acids is 1. The Morgan fingerprint density at radius 1 is 1.29 bits per heavy atom. The first-order chi connectivity index (χ1) is 13.4. The summed E-state index contributed by atoms with van der Waals surface area (Å²) < 4.78 is 20.1. The van der Waals surface area contributed by atoms with Crippen molar-refractivity contribution in [1.82, 2.24) is 0 Å².